The second-order valence-electron chi connectivity index (χ2n) is 4.98. The minimum absolute atomic E-state index is 0.111. The van der Waals surface area contributed by atoms with Crippen molar-refractivity contribution in [2.45, 2.75) is 18.4 Å². The molecule has 0 atom stereocenters. The van der Waals surface area contributed by atoms with Gasteiger partial charge in [0.1, 0.15) is 13.2 Å². The monoisotopic (exact) mass is 329 g/mol. The molecule has 0 spiro atoms. The zero-order valence-corrected chi connectivity index (χ0v) is 13.8. The molecule has 0 unspecified atom stereocenters. The third-order valence-electron chi connectivity index (χ3n) is 3.12. The third kappa shape index (κ3) is 6.16. The van der Waals surface area contributed by atoms with Gasteiger partial charge in [0.05, 0.1) is 5.75 Å². The van der Waals surface area contributed by atoms with Gasteiger partial charge >= 0.3 is 5.97 Å². The van der Waals surface area contributed by atoms with Crippen LogP contribution in [0.3, 0.4) is 0 Å². The van der Waals surface area contributed by atoms with Gasteiger partial charge in [0.25, 0.3) is 0 Å². The smallest absolute Gasteiger partial charge is 0.325 e. The number of ether oxygens (including phenoxy) is 1. The van der Waals surface area contributed by atoms with Crippen LogP contribution >= 0.6 is 11.8 Å². The van der Waals surface area contributed by atoms with Crippen molar-refractivity contribution in [3.63, 3.8) is 0 Å². The summed E-state index contributed by atoms with van der Waals surface area (Å²) in [5.41, 5.74) is 2.05. The van der Waals surface area contributed by atoms with E-state index in [4.69, 9.17) is 4.74 Å². The van der Waals surface area contributed by atoms with Gasteiger partial charge in [0.15, 0.2) is 0 Å². The summed E-state index contributed by atoms with van der Waals surface area (Å²) in [6.45, 7) is 2.11. The van der Waals surface area contributed by atoms with Gasteiger partial charge in [-0.15, -0.1) is 11.8 Å². The summed E-state index contributed by atoms with van der Waals surface area (Å²) < 4.78 is 5.10. The quantitative estimate of drug-likeness (QED) is 0.627. The van der Waals surface area contributed by atoms with Crippen LogP contribution in [0.5, 0.6) is 0 Å². The maximum Gasteiger partial charge on any atom is 0.325 e. The van der Waals surface area contributed by atoms with Crippen molar-refractivity contribution in [2.24, 2.45) is 0 Å². The Kier molecular flexibility index (Phi) is 6.69. The van der Waals surface area contributed by atoms with E-state index in [2.05, 4.69) is 5.32 Å². The Bertz CT molecular complexity index is 658. The lowest BCUT2D eigenvalue weighted by Gasteiger charge is -2.07. The topological polar surface area (TPSA) is 55.4 Å². The average Bonchev–Trinajstić information content (AvgIpc) is 2.58. The summed E-state index contributed by atoms with van der Waals surface area (Å²) in [7, 11) is 0. The maximum absolute atomic E-state index is 11.8. The fourth-order valence-corrected chi connectivity index (χ4v) is 2.73. The van der Waals surface area contributed by atoms with E-state index >= 15 is 0 Å². The highest BCUT2D eigenvalue weighted by atomic mass is 32.2. The Morgan fingerprint density at radius 1 is 1.04 bits per heavy atom. The lowest BCUT2D eigenvalue weighted by molar-refractivity contribution is -0.145. The molecule has 0 saturated heterocycles. The predicted molar refractivity (Wildman–Crippen MR) is 91.2 cm³/mol. The zero-order valence-electron chi connectivity index (χ0n) is 13.0. The first-order valence-corrected chi connectivity index (χ1v) is 8.28. The molecule has 0 bridgehead atoms. The van der Waals surface area contributed by atoms with Crippen LogP contribution in [-0.4, -0.2) is 24.2 Å². The van der Waals surface area contributed by atoms with E-state index < -0.39 is 5.97 Å². The van der Waals surface area contributed by atoms with Crippen LogP contribution in [0, 0.1) is 6.92 Å². The molecular weight excluding hydrogens is 310 g/mol. The van der Waals surface area contributed by atoms with E-state index in [1.807, 2.05) is 61.5 Å². The second-order valence-corrected chi connectivity index (χ2v) is 5.99. The van der Waals surface area contributed by atoms with E-state index in [1.54, 1.807) is 0 Å². The second kappa shape index (κ2) is 9.00. The summed E-state index contributed by atoms with van der Waals surface area (Å²) in [6, 6.07) is 17.3. The van der Waals surface area contributed by atoms with E-state index in [0.717, 1.165) is 16.0 Å². The molecule has 0 aliphatic carbocycles. The molecule has 4 nitrogen and oxygen atoms in total. The van der Waals surface area contributed by atoms with Crippen molar-refractivity contribution in [3.8, 4) is 0 Å². The number of thioether (sulfide) groups is 1. The number of benzene rings is 2. The standard InChI is InChI=1S/C18H19NO3S/c1-14-7-5-6-10-16(14)23-13-17(20)19-11-18(21)22-12-15-8-3-2-4-9-15/h2-10H,11-13H2,1H3,(H,19,20). The average molecular weight is 329 g/mol. The minimum atomic E-state index is -0.442. The normalized spacial score (nSPS) is 10.1. The molecular formula is C18H19NO3S. The van der Waals surface area contributed by atoms with Crippen LogP contribution < -0.4 is 5.32 Å². The zero-order chi connectivity index (χ0) is 16.5. The van der Waals surface area contributed by atoms with Crippen molar-refractivity contribution in [3.05, 3.63) is 65.7 Å². The minimum Gasteiger partial charge on any atom is -0.460 e. The first-order chi connectivity index (χ1) is 11.1. The van der Waals surface area contributed by atoms with Gasteiger partial charge < -0.3 is 10.1 Å². The number of aryl methyl sites for hydroxylation is 1. The third-order valence-corrected chi connectivity index (χ3v) is 4.30. The number of amides is 1. The molecule has 1 N–H and O–H groups in total. The van der Waals surface area contributed by atoms with Crippen molar-refractivity contribution < 1.29 is 14.3 Å². The summed E-state index contributed by atoms with van der Waals surface area (Å²) in [5.74, 6) is -0.352. The van der Waals surface area contributed by atoms with Gasteiger partial charge in [-0.05, 0) is 24.1 Å². The molecule has 0 fully saturated rings. The number of nitrogens with one attached hydrogen (secondary N) is 1. The number of carbonyl (C=O) groups excluding carboxylic acids is 2. The Labute approximate surface area is 140 Å². The summed E-state index contributed by atoms with van der Waals surface area (Å²) >= 11 is 1.45. The van der Waals surface area contributed by atoms with Crippen molar-refractivity contribution in [1.82, 2.24) is 5.32 Å². The van der Waals surface area contributed by atoms with Gasteiger partial charge in [-0.1, -0.05) is 48.5 Å². The fourth-order valence-electron chi connectivity index (χ4n) is 1.87. The maximum atomic E-state index is 11.8. The molecule has 1 amide bonds. The Morgan fingerprint density at radius 3 is 2.48 bits per heavy atom. The lowest BCUT2D eigenvalue weighted by atomic mass is 10.2. The molecule has 2 aromatic rings. The highest BCUT2D eigenvalue weighted by molar-refractivity contribution is 8.00. The Balaban J connectivity index is 1.66. The molecule has 2 aromatic carbocycles. The molecule has 120 valence electrons. The van der Waals surface area contributed by atoms with Gasteiger partial charge in [-0.25, -0.2) is 0 Å². The summed E-state index contributed by atoms with van der Waals surface area (Å²) in [6.07, 6.45) is 0. The Morgan fingerprint density at radius 2 is 1.74 bits per heavy atom. The van der Waals surface area contributed by atoms with Crippen molar-refractivity contribution in [2.75, 3.05) is 12.3 Å². The van der Waals surface area contributed by atoms with Gasteiger partial charge in [0, 0.05) is 4.90 Å². The SMILES string of the molecule is Cc1ccccc1SCC(=O)NCC(=O)OCc1ccccc1. The molecule has 0 aromatic heterocycles. The molecule has 23 heavy (non-hydrogen) atoms. The van der Waals surface area contributed by atoms with Crippen LogP contribution in [0.4, 0.5) is 0 Å². The predicted octanol–water partition coefficient (Wildman–Crippen LogP) is 2.95. The number of carbonyl (C=O) groups is 2. The summed E-state index contributed by atoms with van der Waals surface area (Å²) in [4.78, 5) is 24.4. The number of hydrogen-bond donors (Lipinski definition) is 1. The van der Waals surface area contributed by atoms with Crippen molar-refractivity contribution in [1.29, 1.82) is 0 Å². The number of hydrogen-bond acceptors (Lipinski definition) is 4. The number of rotatable bonds is 7. The van der Waals surface area contributed by atoms with Crippen LogP contribution in [0.15, 0.2) is 59.5 Å². The summed E-state index contributed by atoms with van der Waals surface area (Å²) in [5, 5.41) is 2.57. The lowest BCUT2D eigenvalue weighted by Crippen LogP contribution is -2.31. The van der Waals surface area contributed by atoms with Crippen LogP contribution in [0.25, 0.3) is 0 Å². The molecule has 0 saturated carbocycles. The van der Waals surface area contributed by atoms with Crippen LogP contribution in [-0.2, 0) is 20.9 Å². The van der Waals surface area contributed by atoms with Crippen LogP contribution in [0.2, 0.25) is 0 Å². The largest absolute Gasteiger partial charge is 0.460 e. The molecule has 2 rings (SSSR count). The molecule has 0 aliphatic rings. The van der Waals surface area contributed by atoms with Gasteiger partial charge in [-0.2, -0.15) is 0 Å². The molecule has 0 heterocycles. The van der Waals surface area contributed by atoms with E-state index in [-0.39, 0.29) is 24.8 Å². The Hall–Kier alpha value is -2.27. The first kappa shape index (κ1) is 17.1. The van der Waals surface area contributed by atoms with Crippen molar-refractivity contribution >= 4 is 23.6 Å². The van der Waals surface area contributed by atoms with E-state index in [9.17, 15) is 9.59 Å². The van der Waals surface area contributed by atoms with Crippen LogP contribution in [0.1, 0.15) is 11.1 Å². The van der Waals surface area contributed by atoms with Gasteiger partial charge in [-0.3, -0.25) is 9.59 Å². The molecule has 5 heteroatoms. The van der Waals surface area contributed by atoms with E-state index in [1.165, 1.54) is 11.8 Å². The fraction of sp³-hybridized carbons (Fsp3) is 0.222. The van der Waals surface area contributed by atoms with E-state index in [0.29, 0.717) is 0 Å². The first-order valence-electron chi connectivity index (χ1n) is 7.30. The highest BCUT2D eigenvalue weighted by Crippen LogP contribution is 2.21. The molecule has 0 radical (unpaired) electrons. The van der Waals surface area contributed by atoms with Gasteiger partial charge in [0.2, 0.25) is 5.91 Å². The number of esters is 1. The highest BCUT2D eigenvalue weighted by Gasteiger charge is 2.08. The molecule has 0 aliphatic heterocycles.